The highest BCUT2D eigenvalue weighted by molar-refractivity contribution is 5.85. The van der Waals surface area contributed by atoms with Crippen LogP contribution in [0, 0.1) is 0 Å². The summed E-state index contributed by atoms with van der Waals surface area (Å²) in [5.41, 5.74) is -1.12. The first-order valence-electron chi connectivity index (χ1n) is 9.50. The van der Waals surface area contributed by atoms with Crippen LogP contribution in [0.2, 0.25) is 0 Å². The molecule has 0 bridgehead atoms. The number of ether oxygens (including phenoxy) is 2. The van der Waals surface area contributed by atoms with Gasteiger partial charge in [-0.2, -0.15) is 0 Å². The van der Waals surface area contributed by atoms with Crippen molar-refractivity contribution >= 4 is 11.0 Å². The standard InChI is InChI=1S/C21H20O11/c1-7-13(24)17(28)18(29)21(30-7)32-20-15(26)9-3-2-8(22)6-12(9)31-19(20)10-4-5-11(23)16(27)14(10)25/h2-7,13,17-18,21-25,27-29H,1H3. The summed E-state index contributed by atoms with van der Waals surface area (Å²) in [6.45, 7) is 1.42. The van der Waals surface area contributed by atoms with Crippen LogP contribution in [0.1, 0.15) is 6.92 Å². The van der Waals surface area contributed by atoms with E-state index in [0.717, 1.165) is 18.2 Å². The molecule has 1 aromatic heterocycles. The molecule has 2 heterocycles. The van der Waals surface area contributed by atoms with E-state index in [1.165, 1.54) is 19.1 Å². The molecule has 1 fully saturated rings. The van der Waals surface area contributed by atoms with Crippen LogP contribution in [0.3, 0.4) is 0 Å². The van der Waals surface area contributed by atoms with Gasteiger partial charge in [0.1, 0.15) is 29.6 Å². The van der Waals surface area contributed by atoms with Crippen molar-refractivity contribution in [1.82, 2.24) is 0 Å². The van der Waals surface area contributed by atoms with Gasteiger partial charge in [-0.1, -0.05) is 0 Å². The Morgan fingerprint density at radius 2 is 1.62 bits per heavy atom. The van der Waals surface area contributed by atoms with E-state index in [-0.39, 0.29) is 22.3 Å². The molecule has 7 N–H and O–H groups in total. The number of phenolic OH excluding ortho intramolecular Hbond substituents is 4. The molecule has 11 nitrogen and oxygen atoms in total. The van der Waals surface area contributed by atoms with E-state index >= 15 is 0 Å². The summed E-state index contributed by atoms with van der Waals surface area (Å²) >= 11 is 0. The van der Waals surface area contributed by atoms with Crippen LogP contribution in [-0.4, -0.2) is 66.5 Å². The number of aliphatic hydroxyl groups is 3. The van der Waals surface area contributed by atoms with Gasteiger partial charge in [0, 0.05) is 6.07 Å². The maximum Gasteiger partial charge on any atom is 0.235 e. The summed E-state index contributed by atoms with van der Waals surface area (Å²) < 4.78 is 16.6. The first-order chi connectivity index (χ1) is 15.1. The summed E-state index contributed by atoms with van der Waals surface area (Å²) in [6.07, 6.45) is -7.35. The maximum atomic E-state index is 13.2. The number of benzene rings is 2. The lowest BCUT2D eigenvalue weighted by Crippen LogP contribution is -2.58. The highest BCUT2D eigenvalue weighted by Gasteiger charge is 2.44. The van der Waals surface area contributed by atoms with Gasteiger partial charge in [0.25, 0.3) is 0 Å². The lowest BCUT2D eigenvalue weighted by molar-refractivity contribution is -0.268. The van der Waals surface area contributed by atoms with Gasteiger partial charge in [0.05, 0.1) is 17.1 Å². The minimum atomic E-state index is -1.74. The largest absolute Gasteiger partial charge is 0.508 e. The molecule has 4 rings (SSSR count). The zero-order chi connectivity index (χ0) is 23.3. The monoisotopic (exact) mass is 448 g/mol. The number of phenols is 4. The van der Waals surface area contributed by atoms with E-state index in [0.29, 0.717) is 0 Å². The molecule has 1 aliphatic rings. The number of hydrogen-bond acceptors (Lipinski definition) is 11. The number of fused-ring (bicyclic) bond motifs is 1. The summed E-state index contributed by atoms with van der Waals surface area (Å²) in [6, 6.07) is 5.83. The Labute approximate surface area is 179 Å². The number of aromatic hydroxyl groups is 4. The Morgan fingerprint density at radius 1 is 0.906 bits per heavy atom. The maximum absolute atomic E-state index is 13.2. The molecule has 0 aliphatic carbocycles. The van der Waals surface area contributed by atoms with Crippen LogP contribution in [0.5, 0.6) is 28.7 Å². The van der Waals surface area contributed by atoms with E-state index in [9.17, 15) is 40.5 Å². The second-order valence-corrected chi connectivity index (χ2v) is 7.40. The first-order valence-corrected chi connectivity index (χ1v) is 9.50. The third-order valence-corrected chi connectivity index (χ3v) is 5.25. The summed E-state index contributed by atoms with van der Waals surface area (Å²) in [4.78, 5) is 13.2. The van der Waals surface area contributed by atoms with Gasteiger partial charge in [-0.25, -0.2) is 0 Å². The average Bonchev–Trinajstić information content (AvgIpc) is 2.76. The predicted octanol–water partition coefficient (Wildman–Crippen LogP) is 0.489. The summed E-state index contributed by atoms with van der Waals surface area (Å²) in [5.74, 6) is -3.52. The Balaban J connectivity index is 1.92. The lowest BCUT2D eigenvalue weighted by atomic mass is 10.00. The highest BCUT2D eigenvalue weighted by atomic mass is 16.7. The van der Waals surface area contributed by atoms with Crippen LogP contribution in [0.25, 0.3) is 22.3 Å². The van der Waals surface area contributed by atoms with Gasteiger partial charge in [-0.3, -0.25) is 4.79 Å². The van der Waals surface area contributed by atoms with Gasteiger partial charge in [0.2, 0.25) is 23.2 Å². The third-order valence-electron chi connectivity index (χ3n) is 5.25. The molecule has 1 aliphatic heterocycles. The Hall–Kier alpha value is -3.51. The zero-order valence-corrected chi connectivity index (χ0v) is 16.5. The molecule has 1 saturated heterocycles. The average molecular weight is 448 g/mol. The molecular weight excluding hydrogens is 428 g/mol. The molecule has 170 valence electrons. The van der Waals surface area contributed by atoms with E-state index in [4.69, 9.17) is 13.9 Å². The number of aliphatic hydroxyl groups excluding tert-OH is 3. The molecule has 3 aromatic rings. The molecule has 5 atom stereocenters. The topological polar surface area (TPSA) is 190 Å². The van der Waals surface area contributed by atoms with E-state index in [2.05, 4.69) is 0 Å². The SMILES string of the molecule is CC1OC(Oc2c(-c3ccc(O)c(O)c3O)oc3cc(O)ccc3c2=O)C(O)C(O)C1O. The molecule has 32 heavy (non-hydrogen) atoms. The highest BCUT2D eigenvalue weighted by Crippen LogP contribution is 2.45. The predicted molar refractivity (Wildman–Crippen MR) is 108 cm³/mol. The fourth-order valence-electron chi connectivity index (χ4n) is 3.43. The number of hydrogen-bond donors (Lipinski definition) is 7. The van der Waals surface area contributed by atoms with Crippen molar-refractivity contribution in [2.75, 3.05) is 0 Å². The fraction of sp³-hybridized carbons (Fsp3) is 0.286. The zero-order valence-electron chi connectivity index (χ0n) is 16.5. The van der Waals surface area contributed by atoms with Crippen molar-refractivity contribution in [3.8, 4) is 40.1 Å². The summed E-state index contributed by atoms with van der Waals surface area (Å²) in [7, 11) is 0. The molecule has 0 saturated carbocycles. The molecule has 11 heteroatoms. The Kier molecular flexibility index (Phi) is 5.34. The van der Waals surface area contributed by atoms with Gasteiger partial charge in [0.15, 0.2) is 17.3 Å². The fourth-order valence-corrected chi connectivity index (χ4v) is 3.43. The van der Waals surface area contributed by atoms with Gasteiger partial charge in [-0.05, 0) is 31.2 Å². The molecule has 5 unspecified atom stereocenters. The van der Waals surface area contributed by atoms with Crippen LogP contribution < -0.4 is 10.2 Å². The minimum Gasteiger partial charge on any atom is -0.508 e. The minimum absolute atomic E-state index is 0.0250. The second-order valence-electron chi connectivity index (χ2n) is 7.40. The van der Waals surface area contributed by atoms with Crippen LogP contribution >= 0.6 is 0 Å². The van der Waals surface area contributed by atoms with Gasteiger partial charge in [-0.15, -0.1) is 0 Å². The Morgan fingerprint density at radius 3 is 2.34 bits per heavy atom. The van der Waals surface area contributed by atoms with Gasteiger partial charge < -0.3 is 49.6 Å². The quantitative estimate of drug-likeness (QED) is 0.276. The molecule has 2 aromatic carbocycles. The first kappa shape index (κ1) is 21.7. The molecule has 0 amide bonds. The van der Waals surface area contributed by atoms with Crippen molar-refractivity contribution < 1.29 is 49.6 Å². The smallest absolute Gasteiger partial charge is 0.235 e. The van der Waals surface area contributed by atoms with Crippen molar-refractivity contribution in [2.45, 2.75) is 37.6 Å². The lowest BCUT2D eigenvalue weighted by Gasteiger charge is -2.38. The van der Waals surface area contributed by atoms with E-state index < -0.39 is 64.9 Å². The van der Waals surface area contributed by atoms with Crippen LogP contribution in [0.4, 0.5) is 0 Å². The number of rotatable bonds is 3. The summed E-state index contributed by atoms with van der Waals surface area (Å²) in [5, 5.41) is 69.7. The normalized spacial score (nSPS) is 25.7. The van der Waals surface area contributed by atoms with Crippen molar-refractivity contribution in [1.29, 1.82) is 0 Å². The van der Waals surface area contributed by atoms with Crippen molar-refractivity contribution in [2.24, 2.45) is 0 Å². The van der Waals surface area contributed by atoms with E-state index in [1.807, 2.05) is 0 Å². The van der Waals surface area contributed by atoms with Crippen LogP contribution in [-0.2, 0) is 4.74 Å². The Bertz CT molecular complexity index is 1230. The van der Waals surface area contributed by atoms with Crippen LogP contribution in [0.15, 0.2) is 39.5 Å². The molecule has 0 radical (unpaired) electrons. The second kappa shape index (κ2) is 7.88. The van der Waals surface area contributed by atoms with Gasteiger partial charge >= 0.3 is 0 Å². The molecular formula is C21H20O11. The molecule has 0 spiro atoms. The van der Waals surface area contributed by atoms with Crippen molar-refractivity contribution in [3.63, 3.8) is 0 Å². The third kappa shape index (κ3) is 3.46. The van der Waals surface area contributed by atoms with Crippen molar-refractivity contribution in [3.05, 3.63) is 40.6 Å². The van der Waals surface area contributed by atoms with E-state index in [1.54, 1.807) is 0 Å².